The van der Waals surface area contributed by atoms with Crippen LogP contribution < -0.4 is 10.5 Å². The molecule has 1 aromatic carbocycles. The van der Waals surface area contributed by atoms with Crippen LogP contribution in [0.2, 0.25) is 0 Å². The summed E-state index contributed by atoms with van der Waals surface area (Å²) < 4.78 is 5.58. The Labute approximate surface area is 92.5 Å². The Morgan fingerprint density at radius 2 is 2.33 bits per heavy atom. The summed E-state index contributed by atoms with van der Waals surface area (Å²) in [6.45, 7) is 2.44. The fourth-order valence-electron chi connectivity index (χ4n) is 1.24. The molecule has 0 aliphatic carbocycles. The molecule has 0 saturated carbocycles. The zero-order valence-corrected chi connectivity index (χ0v) is 9.25. The molecule has 0 aliphatic rings. The highest BCUT2D eigenvalue weighted by atomic mass is 32.1. The fraction of sp³-hybridized carbons (Fsp3) is 0.182. The van der Waals surface area contributed by atoms with Gasteiger partial charge in [0.25, 0.3) is 0 Å². The second-order valence-corrected chi connectivity index (χ2v) is 4.18. The molecule has 0 amide bonds. The molecule has 2 aromatic rings. The molecule has 1 heterocycles. The first-order valence-electron chi connectivity index (χ1n) is 4.63. The lowest BCUT2D eigenvalue weighted by molar-refractivity contribution is 0.307. The van der Waals surface area contributed by atoms with Gasteiger partial charge in [-0.3, -0.25) is 0 Å². The first-order valence-corrected chi connectivity index (χ1v) is 5.51. The van der Waals surface area contributed by atoms with E-state index in [1.165, 1.54) is 0 Å². The van der Waals surface area contributed by atoms with Crippen LogP contribution in [-0.2, 0) is 6.61 Å². The van der Waals surface area contributed by atoms with E-state index in [2.05, 4.69) is 4.98 Å². The average Bonchev–Trinajstić information content (AvgIpc) is 2.73. The minimum absolute atomic E-state index is 0.478. The lowest BCUT2D eigenvalue weighted by Crippen LogP contribution is -1.99. The summed E-state index contributed by atoms with van der Waals surface area (Å²) in [6.07, 6.45) is 1.77. The van der Waals surface area contributed by atoms with Crippen molar-refractivity contribution in [2.24, 2.45) is 0 Å². The zero-order valence-electron chi connectivity index (χ0n) is 8.43. The maximum Gasteiger partial charge on any atom is 0.143 e. The van der Waals surface area contributed by atoms with Crippen molar-refractivity contribution in [2.75, 3.05) is 5.73 Å². The lowest BCUT2D eigenvalue weighted by atomic mass is 10.2. The summed E-state index contributed by atoms with van der Waals surface area (Å²) in [5.41, 5.74) is 7.62. The molecule has 2 N–H and O–H groups in total. The lowest BCUT2D eigenvalue weighted by Gasteiger charge is -2.08. The summed E-state index contributed by atoms with van der Waals surface area (Å²) in [4.78, 5) is 4.14. The molecule has 1 aromatic heterocycles. The number of para-hydroxylation sites is 1. The number of rotatable bonds is 3. The quantitative estimate of drug-likeness (QED) is 0.809. The highest BCUT2D eigenvalue weighted by molar-refractivity contribution is 7.09. The monoisotopic (exact) mass is 220 g/mol. The SMILES string of the molecule is Cc1cccc(OCc2nccs2)c1N. The fourth-order valence-corrected chi connectivity index (χ4v) is 1.77. The second kappa shape index (κ2) is 4.31. The van der Waals surface area contributed by atoms with Crippen molar-refractivity contribution < 1.29 is 4.74 Å². The number of hydrogen-bond acceptors (Lipinski definition) is 4. The number of hydrogen-bond donors (Lipinski definition) is 1. The normalized spacial score (nSPS) is 10.2. The minimum atomic E-state index is 0.478. The van der Waals surface area contributed by atoms with Gasteiger partial charge in [-0.25, -0.2) is 4.98 Å². The number of ether oxygens (including phenoxy) is 1. The maximum absolute atomic E-state index is 5.88. The molecule has 0 unspecified atom stereocenters. The predicted octanol–water partition coefficient (Wildman–Crippen LogP) is 2.61. The van der Waals surface area contributed by atoms with E-state index in [4.69, 9.17) is 10.5 Å². The van der Waals surface area contributed by atoms with E-state index in [0.717, 1.165) is 16.3 Å². The number of nitrogens with two attached hydrogens (primary N) is 1. The van der Waals surface area contributed by atoms with Crippen molar-refractivity contribution in [3.05, 3.63) is 40.3 Å². The molecule has 78 valence electrons. The Morgan fingerprint density at radius 1 is 1.47 bits per heavy atom. The van der Waals surface area contributed by atoms with Gasteiger partial charge in [0, 0.05) is 11.6 Å². The summed E-state index contributed by atoms with van der Waals surface area (Å²) >= 11 is 1.58. The van der Waals surface area contributed by atoms with E-state index in [0.29, 0.717) is 12.3 Å². The zero-order chi connectivity index (χ0) is 10.7. The number of nitrogens with zero attached hydrogens (tertiary/aromatic N) is 1. The third-order valence-electron chi connectivity index (χ3n) is 2.12. The van der Waals surface area contributed by atoms with Gasteiger partial charge < -0.3 is 10.5 Å². The Balaban J connectivity index is 2.08. The van der Waals surface area contributed by atoms with Gasteiger partial charge in [0.1, 0.15) is 17.4 Å². The van der Waals surface area contributed by atoms with E-state index >= 15 is 0 Å². The summed E-state index contributed by atoms with van der Waals surface area (Å²) in [5.74, 6) is 0.727. The van der Waals surface area contributed by atoms with Gasteiger partial charge in [0.2, 0.25) is 0 Å². The molecular formula is C11H12N2OS. The number of aromatic nitrogens is 1. The molecule has 0 spiro atoms. The van der Waals surface area contributed by atoms with E-state index in [1.807, 2.05) is 30.5 Å². The Morgan fingerprint density at radius 3 is 3.07 bits per heavy atom. The van der Waals surface area contributed by atoms with Crippen LogP contribution in [-0.4, -0.2) is 4.98 Å². The first-order chi connectivity index (χ1) is 7.27. The van der Waals surface area contributed by atoms with Crippen molar-refractivity contribution >= 4 is 17.0 Å². The van der Waals surface area contributed by atoms with Crippen molar-refractivity contribution in [1.82, 2.24) is 4.98 Å². The standard InChI is InChI=1S/C11H12N2OS/c1-8-3-2-4-9(11(8)12)14-7-10-13-5-6-15-10/h2-6H,7,12H2,1H3. The molecule has 15 heavy (non-hydrogen) atoms. The van der Waals surface area contributed by atoms with Gasteiger partial charge in [-0.2, -0.15) is 0 Å². The van der Waals surface area contributed by atoms with Crippen molar-refractivity contribution in [2.45, 2.75) is 13.5 Å². The summed E-state index contributed by atoms with van der Waals surface area (Å²) in [6, 6.07) is 5.77. The van der Waals surface area contributed by atoms with Gasteiger partial charge in [0.15, 0.2) is 0 Å². The molecule has 0 radical (unpaired) electrons. The Hall–Kier alpha value is -1.55. The van der Waals surface area contributed by atoms with Crippen LogP contribution in [0.5, 0.6) is 5.75 Å². The first kappa shape index (κ1) is 9.98. The predicted molar refractivity (Wildman–Crippen MR) is 62.0 cm³/mol. The highest BCUT2D eigenvalue weighted by Gasteiger charge is 2.03. The van der Waals surface area contributed by atoms with Crippen molar-refractivity contribution in [1.29, 1.82) is 0 Å². The number of aryl methyl sites for hydroxylation is 1. The van der Waals surface area contributed by atoms with Gasteiger partial charge in [-0.05, 0) is 18.6 Å². The number of thiazole rings is 1. The van der Waals surface area contributed by atoms with Crippen LogP contribution in [0.1, 0.15) is 10.6 Å². The molecule has 0 fully saturated rings. The van der Waals surface area contributed by atoms with E-state index in [1.54, 1.807) is 17.5 Å². The van der Waals surface area contributed by atoms with E-state index in [9.17, 15) is 0 Å². The van der Waals surface area contributed by atoms with Gasteiger partial charge >= 0.3 is 0 Å². The summed E-state index contributed by atoms with van der Waals surface area (Å²) in [7, 11) is 0. The van der Waals surface area contributed by atoms with Crippen LogP contribution >= 0.6 is 11.3 Å². The molecular weight excluding hydrogens is 208 g/mol. The molecule has 2 rings (SSSR count). The number of anilines is 1. The molecule has 0 atom stereocenters. The summed E-state index contributed by atoms with van der Waals surface area (Å²) in [5, 5.41) is 2.88. The Bertz CT molecular complexity index is 440. The van der Waals surface area contributed by atoms with Crippen LogP contribution in [0.25, 0.3) is 0 Å². The topological polar surface area (TPSA) is 48.1 Å². The highest BCUT2D eigenvalue weighted by Crippen LogP contribution is 2.25. The largest absolute Gasteiger partial charge is 0.484 e. The molecule has 3 nitrogen and oxygen atoms in total. The smallest absolute Gasteiger partial charge is 0.143 e. The van der Waals surface area contributed by atoms with Crippen LogP contribution in [0.4, 0.5) is 5.69 Å². The van der Waals surface area contributed by atoms with Gasteiger partial charge in [0.05, 0.1) is 5.69 Å². The van der Waals surface area contributed by atoms with Gasteiger partial charge in [-0.15, -0.1) is 11.3 Å². The van der Waals surface area contributed by atoms with E-state index < -0.39 is 0 Å². The third-order valence-corrected chi connectivity index (χ3v) is 2.87. The molecule has 0 saturated heterocycles. The van der Waals surface area contributed by atoms with Crippen molar-refractivity contribution in [3.63, 3.8) is 0 Å². The minimum Gasteiger partial charge on any atom is -0.484 e. The number of benzene rings is 1. The van der Waals surface area contributed by atoms with Crippen LogP contribution in [0, 0.1) is 6.92 Å². The second-order valence-electron chi connectivity index (χ2n) is 3.20. The van der Waals surface area contributed by atoms with Gasteiger partial charge in [-0.1, -0.05) is 12.1 Å². The number of nitrogen functional groups attached to an aromatic ring is 1. The van der Waals surface area contributed by atoms with Crippen molar-refractivity contribution in [3.8, 4) is 5.75 Å². The molecule has 0 aliphatic heterocycles. The Kier molecular flexibility index (Phi) is 2.87. The van der Waals surface area contributed by atoms with Crippen LogP contribution in [0.3, 0.4) is 0 Å². The van der Waals surface area contributed by atoms with E-state index in [-0.39, 0.29) is 0 Å². The third kappa shape index (κ3) is 2.27. The van der Waals surface area contributed by atoms with Crippen LogP contribution in [0.15, 0.2) is 29.8 Å². The molecule has 0 bridgehead atoms. The maximum atomic E-state index is 5.88. The average molecular weight is 220 g/mol. The molecule has 4 heteroatoms.